The Balaban J connectivity index is 2.33. The lowest BCUT2D eigenvalue weighted by molar-refractivity contribution is 0.0578. The fourth-order valence-electron chi connectivity index (χ4n) is 1.91. The zero-order valence-electron chi connectivity index (χ0n) is 11.1. The number of amides is 1. The number of carboxylic acids is 1. The second-order valence-electron chi connectivity index (χ2n) is 5.34. The van der Waals surface area contributed by atoms with E-state index in [1.54, 1.807) is 20.8 Å². The fraction of sp³-hybridized carbons (Fsp3) is 0.583. The van der Waals surface area contributed by atoms with E-state index >= 15 is 0 Å². The van der Waals surface area contributed by atoms with Gasteiger partial charge >= 0.3 is 12.1 Å². The minimum absolute atomic E-state index is 0.0643. The monoisotopic (exact) mass is 284 g/mol. The maximum absolute atomic E-state index is 12.1. The molecule has 1 aliphatic rings. The van der Waals surface area contributed by atoms with E-state index in [1.165, 1.54) is 4.90 Å². The van der Waals surface area contributed by atoms with Crippen molar-refractivity contribution in [2.45, 2.75) is 39.2 Å². The number of anilines is 1. The summed E-state index contributed by atoms with van der Waals surface area (Å²) in [5, 5.41) is 9.13. The van der Waals surface area contributed by atoms with E-state index in [1.807, 2.05) is 0 Å². The Kier molecular flexibility index (Phi) is 3.49. The van der Waals surface area contributed by atoms with Crippen molar-refractivity contribution in [3.05, 3.63) is 10.6 Å². The van der Waals surface area contributed by atoms with E-state index in [2.05, 4.69) is 4.37 Å². The average Bonchev–Trinajstić information content (AvgIpc) is 2.69. The smallest absolute Gasteiger partial charge is 0.414 e. The molecule has 7 heteroatoms. The molecule has 0 aromatic carbocycles. The van der Waals surface area contributed by atoms with Crippen LogP contribution in [0.5, 0.6) is 0 Å². The molecule has 0 saturated carbocycles. The van der Waals surface area contributed by atoms with Gasteiger partial charge in [-0.2, -0.15) is 4.37 Å². The van der Waals surface area contributed by atoms with Crippen molar-refractivity contribution in [3.63, 3.8) is 0 Å². The summed E-state index contributed by atoms with van der Waals surface area (Å²) in [5.74, 6) is -1.12. The van der Waals surface area contributed by atoms with Crippen LogP contribution in [0.4, 0.5) is 10.5 Å². The predicted molar refractivity (Wildman–Crippen MR) is 71.0 cm³/mol. The lowest BCUT2D eigenvalue weighted by Crippen LogP contribution is -2.40. The first-order valence-corrected chi connectivity index (χ1v) is 6.79. The molecule has 0 spiro atoms. The topological polar surface area (TPSA) is 79.7 Å². The Morgan fingerprint density at radius 1 is 1.42 bits per heavy atom. The molecule has 0 aliphatic carbocycles. The summed E-state index contributed by atoms with van der Waals surface area (Å²) < 4.78 is 9.23. The lowest BCUT2D eigenvalue weighted by Gasteiger charge is -2.29. The van der Waals surface area contributed by atoms with Gasteiger partial charge in [0.2, 0.25) is 0 Å². The second kappa shape index (κ2) is 4.80. The molecule has 0 saturated heterocycles. The highest BCUT2D eigenvalue weighted by molar-refractivity contribution is 7.06. The lowest BCUT2D eigenvalue weighted by atomic mass is 10.1. The Morgan fingerprint density at radius 2 is 2.11 bits per heavy atom. The largest absolute Gasteiger partial charge is 0.476 e. The van der Waals surface area contributed by atoms with Crippen LogP contribution in [0, 0.1) is 0 Å². The van der Waals surface area contributed by atoms with Gasteiger partial charge in [0.15, 0.2) is 5.69 Å². The molecule has 2 heterocycles. The highest BCUT2D eigenvalue weighted by Crippen LogP contribution is 2.34. The van der Waals surface area contributed by atoms with E-state index in [0.29, 0.717) is 12.2 Å². The molecule has 1 amide bonds. The van der Waals surface area contributed by atoms with Crippen molar-refractivity contribution in [2.24, 2.45) is 0 Å². The van der Waals surface area contributed by atoms with Crippen LogP contribution in [0.3, 0.4) is 0 Å². The molecule has 0 bridgehead atoms. The van der Waals surface area contributed by atoms with Crippen molar-refractivity contribution in [1.29, 1.82) is 0 Å². The Labute approximate surface area is 115 Å². The molecular formula is C12H16N2O4S. The van der Waals surface area contributed by atoms with Crippen molar-refractivity contribution in [2.75, 3.05) is 11.4 Å². The normalized spacial score (nSPS) is 15.0. The predicted octanol–water partition coefficient (Wildman–Crippen LogP) is 2.53. The van der Waals surface area contributed by atoms with Crippen LogP contribution in [0.2, 0.25) is 0 Å². The van der Waals surface area contributed by atoms with Gasteiger partial charge in [-0.3, -0.25) is 4.90 Å². The van der Waals surface area contributed by atoms with Crippen LogP contribution in [-0.2, 0) is 11.2 Å². The molecule has 104 valence electrons. The molecule has 0 fully saturated rings. The van der Waals surface area contributed by atoms with Gasteiger partial charge in [0.25, 0.3) is 0 Å². The van der Waals surface area contributed by atoms with Gasteiger partial charge in [0.1, 0.15) is 5.60 Å². The molecule has 6 nitrogen and oxygen atoms in total. The van der Waals surface area contributed by atoms with Crippen LogP contribution >= 0.6 is 11.5 Å². The van der Waals surface area contributed by atoms with Gasteiger partial charge < -0.3 is 9.84 Å². The maximum atomic E-state index is 12.1. The fourth-order valence-corrected chi connectivity index (χ4v) is 2.81. The molecule has 1 aliphatic heterocycles. The number of hydrogen-bond acceptors (Lipinski definition) is 5. The maximum Gasteiger partial charge on any atom is 0.414 e. The van der Waals surface area contributed by atoms with E-state index in [4.69, 9.17) is 9.84 Å². The third-order valence-corrected chi connectivity index (χ3v) is 3.50. The summed E-state index contributed by atoms with van der Waals surface area (Å²) in [6.45, 7) is 5.79. The first-order chi connectivity index (χ1) is 8.79. The minimum atomic E-state index is -1.12. The number of carbonyl (C=O) groups excluding carboxylic acids is 1. The number of ether oxygens (including phenoxy) is 1. The first kappa shape index (κ1) is 13.8. The van der Waals surface area contributed by atoms with Crippen molar-refractivity contribution in [3.8, 4) is 0 Å². The molecule has 0 radical (unpaired) electrons. The van der Waals surface area contributed by atoms with Gasteiger partial charge in [-0.15, -0.1) is 0 Å². The van der Waals surface area contributed by atoms with Gasteiger partial charge in [0, 0.05) is 6.54 Å². The SMILES string of the molecule is CC(C)(C)OC(=O)N1CCCc2snc(C(=O)O)c21. The zero-order chi connectivity index (χ0) is 14.2. The summed E-state index contributed by atoms with van der Waals surface area (Å²) in [7, 11) is 0. The number of rotatable bonds is 1. The van der Waals surface area contributed by atoms with E-state index in [9.17, 15) is 9.59 Å². The summed E-state index contributed by atoms with van der Waals surface area (Å²) in [5.41, 5.74) is -0.273. The van der Waals surface area contributed by atoms with E-state index in [0.717, 1.165) is 29.3 Å². The third kappa shape index (κ3) is 2.86. The van der Waals surface area contributed by atoms with Crippen LogP contribution in [0.15, 0.2) is 0 Å². The Hall–Kier alpha value is -1.63. The standard InChI is InChI=1S/C12H16N2O4S/c1-12(2,3)18-11(17)14-6-4-5-7-9(14)8(10(15)16)13-19-7/h4-6H2,1-3H3,(H,15,16). The van der Waals surface area contributed by atoms with Crippen molar-refractivity contribution in [1.82, 2.24) is 4.37 Å². The van der Waals surface area contributed by atoms with E-state index < -0.39 is 17.7 Å². The van der Waals surface area contributed by atoms with Crippen LogP contribution < -0.4 is 4.90 Å². The number of carbonyl (C=O) groups is 2. The minimum Gasteiger partial charge on any atom is -0.476 e. The summed E-state index contributed by atoms with van der Waals surface area (Å²) in [4.78, 5) is 25.5. The summed E-state index contributed by atoms with van der Waals surface area (Å²) in [6, 6.07) is 0. The first-order valence-electron chi connectivity index (χ1n) is 6.02. The number of nitrogens with zero attached hydrogens (tertiary/aromatic N) is 2. The van der Waals surface area contributed by atoms with Crippen LogP contribution in [0.1, 0.15) is 42.6 Å². The van der Waals surface area contributed by atoms with Gasteiger partial charge in [0.05, 0.1) is 10.6 Å². The number of hydrogen-bond donors (Lipinski definition) is 1. The third-order valence-electron chi connectivity index (χ3n) is 2.61. The molecule has 1 N–H and O–H groups in total. The average molecular weight is 284 g/mol. The molecule has 0 unspecified atom stereocenters. The molecule has 2 rings (SSSR count). The number of fused-ring (bicyclic) bond motifs is 1. The second-order valence-corrected chi connectivity index (χ2v) is 6.20. The van der Waals surface area contributed by atoms with Crippen molar-refractivity contribution >= 4 is 29.3 Å². The van der Waals surface area contributed by atoms with Crippen LogP contribution in [0.25, 0.3) is 0 Å². The van der Waals surface area contributed by atoms with E-state index in [-0.39, 0.29) is 5.69 Å². The quantitative estimate of drug-likeness (QED) is 0.857. The highest BCUT2D eigenvalue weighted by Gasteiger charge is 2.33. The molecule has 0 atom stereocenters. The number of aromatic carboxylic acids is 1. The van der Waals surface area contributed by atoms with Crippen molar-refractivity contribution < 1.29 is 19.4 Å². The van der Waals surface area contributed by atoms with Gasteiger partial charge in [-0.05, 0) is 45.1 Å². The van der Waals surface area contributed by atoms with Crippen LogP contribution in [-0.4, -0.2) is 33.7 Å². The van der Waals surface area contributed by atoms with Gasteiger partial charge in [-0.25, -0.2) is 9.59 Å². The molecule has 1 aromatic heterocycles. The Bertz CT molecular complexity index is 518. The Morgan fingerprint density at radius 3 is 2.68 bits per heavy atom. The number of aryl methyl sites for hydroxylation is 1. The molecule has 19 heavy (non-hydrogen) atoms. The summed E-state index contributed by atoms with van der Waals surface area (Å²) >= 11 is 1.14. The zero-order valence-corrected chi connectivity index (χ0v) is 11.9. The number of aromatic nitrogens is 1. The number of carboxylic acid groups (broad SMARTS) is 1. The highest BCUT2D eigenvalue weighted by atomic mass is 32.1. The molecular weight excluding hydrogens is 268 g/mol. The van der Waals surface area contributed by atoms with Gasteiger partial charge in [-0.1, -0.05) is 0 Å². The molecule has 1 aromatic rings. The summed E-state index contributed by atoms with van der Waals surface area (Å²) in [6.07, 6.45) is 1.02.